The maximum absolute atomic E-state index is 13.7. The fourth-order valence-corrected chi connectivity index (χ4v) is 5.19. The lowest BCUT2D eigenvalue weighted by atomic mass is 9.92. The molecule has 0 aliphatic carbocycles. The van der Waals surface area contributed by atoms with E-state index in [4.69, 9.17) is 4.98 Å². The highest BCUT2D eigenvalue weighted by Gasteiger charge is 2.46. The number of rotatable bonds is 5. The van der Waals surface area contributed by atoms with Gasteiger partial charge in [-0.3, -0.25) is 19.3 Å². The molecule has 1 fully saturated rings. The van der Waals surface area contributed by atoms with Gasteiger partial charge in [0.2, 0.25) is 5.91 Å². The Morgan fingerprint density at radius 3 is 2.35 bits per heavy atom. The van der Waals surface area contributed by atoms with E-state index in [1.54, 1.807) is 24.3 Å². The second kappa shape index (κ2) is 8.70. The van der Waals surface area contributed by atoms with Crippen molar-refractivity contribution in [1.29, 1.82) is 0 Å². The Morgan fingerprint density at radius 1 is 1.09 bits per heavy atom. The van der Waals surface area contributed by atoms with Crippen LogP contribution in [0.2, 0.25) is 0 Å². The maximum atomic E-state index is 13.7. The molecule has 7 nitrogen and oxygen atoms in total. The molecule has 7 heteroatoms. The van der Waals surface area contributed by atoms with Crippen molar-refractivity contribution < 1.29 is 14.4 Å². The van der Waals surface area contributed by atoms with Gasteiger partial charge in [0.1, 0.15) is 11.9 Å². The van der Waals surface area contributed by atoms with Crippen molar-refractivity contribution in [3.63, 3.8) is 0 Å². The van der Waals surface area contributed by atoms with Crippen LogP contribution in [0.25, 0.3) is 11.0 Å². The minimum Gasteiger partial charge on any atom is -0.342 e. The number of carbonyl (C=O) groups is 3. The summed E-state index contributed by atoms with van der Waals surface area (Å²) in [7, 11) is 0. The summed E-state index contributed by atoms with van der Waals surface area (Å²) in [6.07, 6.45) is 2.28. The highest BCUT2D eigenvalue weighted by molar-refractivity contribution is 6.22. The van der Waals surface area contributed by atoms with Gasteiger partial charge in [-0.1, -0.05) is 38.5 Å². The van der Waals surface area contributed by atoms with Crippen LogP contribution in [-0.4, -0.2) is 56.6 Å². The van der Waals surface area contributed by atoms with E-state index in [2.05, 4.69) is 24.0 Å². The number of benzene rings is 2. The SMILES string of the molecule is CCC(C)C(C(=O)N1CCC(c2nc3ccc(C)cc3[nH]2)CC1)N1C(=O)c2ccccc2C1=O. The van der Waals surface area contributed by atoms with Crippen LogP contribution in [-0.2, 0) is 4.79 Å². The number of likely N-dealkylation sites (tertiary alicyclic amines) is 1. The minimum atomic E-state index is -0.789. The van der Waals surface area contributed by atoms with E-state index >= 15 is 0 Å². The van der Waals surface area contributed by atoms with E-state index < -0.39 is 6.04 Å². The average Bonchev–Trinajstić information content (AvgIpc) is 3.38. The molecule has 2 aliphatic heterocycles. The standard InChI is InChI=1S/C27H30N4O3/c1-4-17(3)23(31-25(32)19-7-5-6-8-20(19)26(31)33)27(34)30-13-11-18(12-14-30)24-28-21-10-9-16(2)15-22(21)29-24/h5-10,15,17-18,23H,4,11-14H2,1-3H3,(H,28,29). The van der Waals surface area contributed by atoms with Gasteiger partial charge >= 0.3 is 0 Å². The quantitative estimate of drug-likeness (QED) is 0.578. The van der Waals surface area contributed by atoms with Gasteiger partial charge in [0.05, 0.1) is 22.2 Å². The van der Waals surface area contributed by atoms with Crippen LogP contribution < -0.4 is 0 Å². The summed E-state index contributed by atoms with van der Waals surface area (Å²) in [5.74, 6) is 0.205. The third kappa shape index (κ3) is 3.69. The van der Waals surface area contributed by atoms with Crippen LogP contribution in [0.1, 0.15) is 71.1 Å². The van der Waals surface area contributed by atoms with Gasteiger partial charge in [0.25, 0.3) is 11.8 Å². The molecule has 1 aromatic heterocycles. The fraction of sp³-hybridized carbons (Fsp3) is 0.407. The third-order valence-electron chi connectivity index (χ3n) is 7.39. The molecular formula is C27H30N4O3. The smallest absolute Gasteiger partial charge is 0.262 e. The number of piperidine rings is 1. The maximum Gasteiger partial charge on any atom is 0.262 e. The van der Waals surface area contributed by atoms with E-state index in [1.807, 2.05) is 24.8 Å². The molecule has 1 saturated heterocycles. The molecule has 0 spiro atoms. The van der Waals surface area contributed by atoms with Gasteiger partial charge < -0.3 is 9.88 Å². The fourth-order valence-electron chi connectivity index (χ4n) is 5.19. The number of aryl methyl sites for hydroxylation is 1. The van der Waals surface area contributed by atoms with E-state index in [-0.39, 0.29) is 29.6 Å². The molecule has 2 aromatic carbocycles. The minimum absolute atomic E-state index is 0.133. The number of imide groups is 1. The van der Waals surface area contributed by atoms with Crippen molar-refractivity contribution in [3.8, 4) is 0 Å². The summed E-state index contributed by atoms with van der Waals surface area (Å²) in [5.41, 5.74) is 3.95. The van der Waals surface area contributed by atoms with Crippen LogP contribution in [0.3, 0.4) is 0 Å². The highest BCUT2D eigenvalue weighted by Crippen LogP contribution is 2.32. The van der Waals surface area contributed by atoms with E-state index in [1.165, 1.54) is 10.5 Å². The van der Waals surface area contributed by atoms with Crippen LogP contribution in [0.4, 0.5) is 0 Å². The van der Waals surface area contributed by atoms with Crippen molar-refractivity contribution in [1.82, 2.24) is 19.8 Å². The first-order valence-corrected chi connectivity index (χ1v) is 12.1. The van der Waals surface area contributed by atoms with Gasteiger partial charge in [-0.2, -0.15) is 0 Å². The van der Waals surface area contributed by atoms with Crippen molar-refractivity contribution in [3.05, 3.63) is 65.0 Å². The lowest BCUT2D eigenvalue weighted by molar-refractivity contribution is -0.138. The molecule has 2 aliphatic rings. The lowest BCUT2D eigenvalue weighted by Gasteiger charge is -2.37. The third-order valence-corrected chi connectivity index (χ3v) is 7.39. The number of nitrogens with zero attached hydrogens (tertiary/aromatic N) is 3. The second-order valence-corrected chi connectivity index (χ2v) is 9.60. The monoisotopic (exact) mass is 458 g/mol. The van der Waals surface area contributed by atoms with E-state index in [0.29, 0.717) is 30.6 Å². The van der Waals surface area contributed by atoms with Crippen molar-refractivity contribution >= 4 is 28.8 Å². The zero-order valence-corrected chi connectivity index (χ0v) is 19.9. The molecule has 0 radical (unpaired) electrons. The zero-order valence-electron chi connectivity index (χ0n) is 19.9. The largest absolute Gasteiger partial charge is 0.342 e. The number of aromatic nitrogens is 2. The van der Waals surface area contributed by atoms with Crippen molar-refractivity contribution in [2.24, 2.45) is 5.92 Å². The molecule has 1 N–H and O–H groups in total. The van der Waals surface area contributed by atoms with Gasteiger partial charge in [0.15, 0.2) is 0 Å². The topological polar surface area (TPSA) is 86.4 Å². The molecule has 176 valence electrons. The highest BCUT2D eigenvalue weighted by atomic mass is 16.2. The Bertz CT molecular complexity index is 1240. The molecule has 0 bridgehead atoms. The molecule has 3 amide bonds. The number of carbonyl (C=O) groups excluding carboxylic acids is 3. The number of H-pyrrole nitrogens is 1. The number of nitrogens with one attached hydrogen (secondary N) is 1. The molecule has 2 unspecified atom stereocenters. The number of hydrogen-bond acceptors (Lipinski definition) is 4. The zero-order chi connectivity index (χ0) is 24.0. The van der Waals surface area contributed by atoms with Crippen molar-refractivity contribution in [2.45, 2.75) is 52.0 Å². The number of hydrogen-bond donors (Lipinski definition) is 1. The molecule has 0 saturated carbocycles. The lowest BCUT2D eigenvalue weighted by Crippen LogP contribution is -2.55. The Labute approximate surface area is 199 Å². The number of amides is 3. The number of aromatic amines is 1. The normalized spacial score (nSPS) is 18.4. The van der Waals surface area contributed by atoms with Crippen molar-refractivity contribution in [2.75, 3.05) is 13.1 Å². The summed E-state index contributed by atoms with van der Waals surface area (Å²) < 4.78 is 0. The van der Waals surface area contributed by atoms with Gasteiger partial charge in [-0.05, 0) is 55.5 Å². The Hall–Kier alpha value is -3.48. The Balaban J connectivity index is 1.33. The van der Waals surface area contributed by atoms with Gasteiger partial charge in [-0.15, -0.1) is 0 Å². The van der Waals surface area contributed by atoms with Crippen LogP contribution in [0, 0.1) is 12.8 Å². The van der Waals surface area contributed by atoms with Crippen LogP contribution in [0.5, 0.6) is 0 Å². The molecule has 3 heterocycles. The predicted molar refractivity (Wildman–Crippen MR) is 130 cm³/mol. The van der Waals surface area contributed by atoms with Crippen LogP contribution in [0.15, 0.2) is 42.5 Å². The van der Waals surface area contributed by atoms with Crippen LogP contribution >= 0.6 is 0 Å². The summed E-state index contributed by atoms with van der Waals surface area (Å²) in [4.78, 5) is 51.2. The van der Waals surface area contributed by atoms with Gasteiger partial charge in [-0.25, -0.2) is 4.98 Å². The Kier molecular flexibility index (Phi) is 5.71. The summed E-state index contributed by atoms with van der Waals surface area (Å²) in [6, 6.07) is 12.2. The molecule has 2 atom stereocenters. The summed E-state index contributed by atoms with van der Waals surface area (Å²) >= 11 is 0. The van der Waals surface area contributed by atoms with E-state index in [0.717, 1.165) is 29.7 Å². The van der Waals surface area contributed by atoms with Gasteiger partial charge in [0, 0.05) is 19.0 Å². The molecule has 34 heavy (non-hydrogen) atoms. The number of fused-ring (bicyclic) bond motifs is 2. The number of imidazole rings is 1. The average molecular weight is 459 g/mol. The summed E-state index contributed by atoms with van der Waals surface area (Å²) in [6.45, 7) is 7.14. The first kappa shape index (κ1) is 22.3. The molecule has 5 rings (SSSR count). The second-order valence-electron chi connectivity index (χ2n) is 9.60. The predicted octanol–water partition coefficient (Wildman–Crippen LogP) is 4.29. The Morgan fingerprint density at radius 2 is 1.74 bits per heavy atom. The first-order valence-electron chi connectivity index (χ1n) is 12.1. The summed E-state index contributed by atoms with van der Waals surface area (Å²) in [5, 5.41) is 0. The first-order chi connectivity index (χ1) is 16.4. The molecule has 3 aromatic rings. The molecular weight excluding hydrogens is 428 g/mol. The van der Waals surface area contributed by atoms with E-state index in [9.17, 15) is 14.4 Å².